The first-order valence-electron chi connectivity index (χ1n) is 17.9. The molecule has 9 nitrogen and oxygen atoms in total. The largest absolute Gasteiger partial charge is 0.352 e. The highest BCUT2D eigenvalue weighted by Gasteiger charge is 2.28. The Morgan fingerprint density at radius 3 is 2.53 bits per heavy atom. The molecule has 10 heteroatoms. The van der Waals surface area contributed by atoms with Crippen molar-refractivity contribution in [1.82, 2.24) is 30.7 Å². The van der Waals surface area contributed by atoms with Crippen molar-refractivity contribution in [3.8, 4) is 33.4 Å². The van der Waals surface area contributed by atoms with Gasteiger partial charge in [0.05, 0.1) is 11.1 Å². The first-order valence-corrected chi connectivity index (χ1v) is 18.3. The van der Waals surface area contributed by atoms with E-state index in [1.807, 2.05) is 18.2 Å². The summed E-state index contributed by atoms with van der Waals surface area (Å²) in [6, 6.07) is 23.0. The minimum atomic E-state index is -0.114. The number of hydrogen-bond acceptors (Lipinski definition) is 6. The topological polar surface area (TPSA) is 117 Å². The predicted octanol–water partition coefficient (Wildman–Crippen LogP) is 5.36. The number of carbonyl (C=O) groups is 2. The Bertz CT molecular complexity index is 2230. The normalized spacial score (nSPS) is 19.7. The molecule has 8 rings (SSSR count). The predicted molar refractivity (Wildman–Crippen MR) is 201 cm³/mol. The van der Waals surface area contributed by atoms with Crippen molar-refractivity contribution in [3.63, 3.8) is 0 Å². The van der Waals surface area contributed by atoms with Crippen LogP contribution in [0.5, 0.6) is 0 Å². The number of carbonyl (C=O) groups excluding carboxylic acids is 2. The van der Waals surface area contributed by atoms with E-state index in [0.717, 1.165) is 77.6 Å². The molecule has 2 saturated heterocycles. The van der Waals surface area contributed by atoms with E-state index in [0.29, 0.717) is 35.7 Å². The summed E-state index contributed by atoms with van der Waals surface area (Å²) in [5.41, 5.74) is 10.6. The SMILES string of the molecule is Cc1c(-c2ccn3c(=O)c(CNC[C@@H]4CCC(=O)N4)cnc3c2)cccc1-c1cccc(-c2ccc3c(c2)C[C@@H](NC(=O)[C@@H]2CCCN2)C3)c1Cl. The van der Waals surface area contributed by atoms with E-state index >= 15 is 0 Å². The molecular weight excluding hydrogens is 660 g/mol. The molecule has 2 fully saturated rings. The monoisotopic (exact) mass is 700 g/mol. The molecule has 4 N–H and O–H groups in total. The molecule has 1 aliphatic carbocycles. The van der Waals surface area contributed by atoms with Gasteiger partial charge in [0.1, 0.15) is 5.65 Å². The number of rotatable bonds is 9. The fourth-order valence-corrected chi connectivity index (χ4v) is 8.25. The lowest BCUT2D eigenvalue weighted by atomic mass is 9.91. The number of amides is 2. The average Bonchev–Trinajstić information content (AvgIpc) is 3.91. The van der Waals surface area contributed by atoms with Gasteiger partial charge < -0.3 is 21.3 Å². The van der Waals surface area contributed by atoms with Gasteiger partial charge in [0.2, 0.25) is 11.8 Å². The third kappa shape index (κ3) is 6.69. The minimum absolute atomic E-state index is 0.0729. The molecule has 4 heterocycles. The van der Waals surface area contributed by atoms with Crippen molar-refractivity contribution in [2.24, 2.45) is 0 Å². The van der Waals surface area contributed by atoms with Crippen LogP contribution in [0.4, 0.5) is 0 Å². The molecule has 2 aromatic heterocycles. The standard InChI is InChI=1S/C41H41ClN6O3/c1-24-32(27-14-16-48-37(20-27)45-22-29(41(48)51)21-43-23-30-12-13-38(49)46-30)5-2-6-33(24)35-8-3-7-34(39(35)42)26-11-10-25-18-31(19-28(25)17-26)47-40(50)36-9-4-15-44-36/h2-3,5-8,10-11,14,16-17,20,22,30-31,36,43-44H,4,9,12-13,15,18-19,21,23H2,1H3,(H,46,49)(H,47,50)/t30-,31-,36-/m0/s1. The molecular formula is C41H41ClN6O3. The number of halogens is 1. The highest BCUT2D eigenvalue weighted by Crippen LogP contribution is 2.41. The number of nitrogens with one attached hydrogen (secondary N) is 4. The second kappa shape index (κ2) is 14.1. The number of benzene rings is 3. The zero-order chi connectivity index (χ0) is 35.1. The number of aromatic nitrogens is 2. The molecule has 0 spiro atoms. The smallest absolute Gasteiger partial charge is 0.262 e. The molecule has 0 bridgehead atoms. The van der Waals surface area contributed by atoms with Crippen LogP contribution in [0.3, 0.4) is 0 Å². The van der Waals surface area contributed by atoms with E-state index < -0.39 is 0 Å². The molecule has 0 saturated carbocycles. The first kappa shape index (κ1) is 33.3. The number of fused-ring (bicyclic) bond motifs is 2. The summed E-state index contributed by atoms with van der Waals surface area (Å²) in [6.07, 6.45) is 8.38. The maximum Gasteiger partial charge on any atom is 0.262 e. The van der Waals surface area contributed by atoms with Gasteiger partial charge in [-0.05, 0) is 96.6 Å². The quantitative estimate of drug-likeness (QED) is 0.165. The highest BCUT2D eigenvalue weighted by molar-refractivity contribution is 6.36. The minimum Gasteiger partial charge on any atom is -0.352 e. The van der Waals surface area contributed by atoms with Crippen molar-refractivity contribution in [2.75, 3.05) is 13.1 Å². The molecule has 51 heavy (non-hydrogen) atoms. The average molecular weight is 701 g/mol. The van der Waals surface area contributed by atoms with Gasteiger partial charge in [-0.15, -0.1) is 0 Å². The second-order valence-electron chi connectivity index (χ2n) is 14.1. The highest BCUT2D eigenvalue weighted by atomic mass is 35.5. The molecule has 2 aliphatic heterocycles. The second-order valence-corrected chi connectivity index (χ2v) is 14.4. The molecule has 3 aliphatic rings. The summed E-state index contributed by atoms with van der Waals surface area (Å²) >= 11 is 7.22. The van der Waals surface area contributed by atoms with Crippen LogP contribution in [0, 0.1) is 6.92 Å². The van der Waals surface area contributed by atoms with E-state index in [1.165, 1.54) is 11.1 Å². The van der Waals surface area contributed by atoms with Crippen LogP contribution in [0.1, 0.15) is 47.9 Å². The lowest BCUT2D eigenvalue weighted by molar-refractivity contribution is -0.123. The zero-order valence-electron chi connectivity index (χ0n) is 28.6. The van der Waals surface area contributed by atoms with E-state index in [2.05, 4.69) is 81.7 Å². The van der Waals surface area contributed by atoms with Gasteiger partial charge in [0, 0.05) is 60.7 Å². The Labute approximate surface area is 301 Å². The van der Waals surface area contributed by atoms with Crippen LogP contribution in [0.25, 0.3) is 39.0 Å². The van der Waals surface area contributed by atoms with Crippen molar-refractivity contribution >= 4 is 29.1 Å². The van der Waals surface area contributed by atoms with Gasteiger partial charge >= 0.3 is 0 Å². The Kier molecular flexibility index (Phi) is 9.19. The van der Waals surface area contributed by atoms with Gasteiger partial charge in [0.15, 0.2) is 0 Å². The van der Waals surface area contributed by atoms with Gasteiger partial charge in [0.25, 0.3) is 5.56 Å². The van der Waals surface area contributed by atoms with Crippen molar-refractivity contribution in [2.45, 2.75) is 70.1 Å². The van der Waals surface area contributed by atoms with E-state index in [-0.39, 0.29) is 35.5 Å². The summed E-state index contributed by atoms with van der Waals surface area (Å²) in [7, 11) is 0. The van der Waals surface area contributed by atoms with Gasteiger partial charge in [-0.1, -0.05) is 66.2 Å². The Morgan fingerprint density at radius 2 is 1.73 bits per heavy atom. The fourth-order valence-electron chi connectivity index (χ4n) is 7.91. The van der Waals surface area contributed by atoms with Crippen LogP contribution in [-0.2, 0) is 29.0 Å². The summed E-state index contributed by atoms with van der Waals surface area (Å²) < 4.78 is 1.58. The Balaban J connectivity index is 1.01. The van der Waals surface area contributed by atoms with Crippen LogP contribution in [0.15, 0.2) is 83.9 Å². The van der Waals surface area contributed by atoms with Gasteiger partial charge in [-0.3, -0.25) is 18.8 Å². The van der Waals surface area contributed by atoms with Crippen LogP contribution in [-0.4, -0.2) is 52.4 Å². The molecule has 5 aromatic rings. The summed E-state index contributed by atoms with van der Waals surface area (Å²) in [6.45, 7) is 4.00. The Morgan fingerprint density at radius 1 is 0.941 bits per heavy atom. The summed E-state index contributed by atoms with van der Waals surface area (Å²) in [5.74, 6) is 0.186. The van der Waals surface area contributed by atoms with Crippen molar-refractivity contribution in [3.05, 3.63) is 117 Å². The molecule has 3 aromatic carbocycles. The maximum atomic E-state index is 13.3. The Hall–Kier alpha value is -4.83. The molecule has 0 unspecified atom stereocenters. The maximum absolute atomic E-state index is 13.3. The number of nitrogens with zero attached hydrogens (tertiary/aromatic N) is 2. The summed E-state index contributed by atoms with van der Waals surface area (Å²) in [5, 5.41) is 13.5. The number of pyridine rings is 1. The fraction of sp³-hybridized carbons (Fsp3) is 0.317. The molecule has 260 valence electrons. The van der Waals surface area contributed by atoms with Crippen LogP contribution < -0.4 is 26.8 Å². The third-order valence-corrected chi connectivity index (χ3v) is 11.1. The molecule has 0 radical (unpaired) electrons. The number of hydrogen-bond donors (Lipinski definition) is 4. The first-order chi connectivity index (χ1) is 24.8. The van der Waals surface area contributed by atoms with E-state index in [9.17, 15) is 14.4 Å². The van der Waals surface area contributed by atoms with Crippen LogP contribution in [0.2, 0.25) is 5.02 Å². The lowest BCUT2D eigenvalue weighted by Gasteiger charge is -2.16. The van der Waals surface area contributed by atoms with E-state index in [1.54, 1.807) is 16.8 Å². The van der Waals surface area contributed by atoms with Crippen LogP contribution >= 0.6 is 11.6 Å². The molecule has 2 amide bonds. The van der Waals surface area contributed by atoms with Gasteiger partial charge in [-0.2, -0.15) is 0 Å². The van der Waals surface area contributed by atoms with Crippen molar-refractivity contribution < 1.29 is 9.59 Å². The molecule has 3 atom stereocenters. The van der Waals surface area contributed by atoms with Gasteiger partial charge in [-0.25, -0.2) is 4.98 Å². The lowest BCUT2D eigenvalue weighted by Crippen LogP contribution is -2.45. The zero-order valence-corrected chi connectivity index (χ0v) is 29.4. The van der Waals surface area contributed by atoms with Crippen molar-refractivity contribution in [1.29, 1.82) is 0 Å². The van der Waals surface area contributed by atoms with E-state index in [4.69, 9.17) is 11.6 Å². The third-order valence-electron chi connectivity index (χ3n) is 10.7. The summed E-state index contributed by atoms with van der Waals surface area (Å²) in [4.78, 5) is 42.1.